The van der Waals surface area contributed by atoms with E-state index in [9.17, 15) is 4.79 Å². The lowest BCUT2D eigenvalue weighted by molar-refractivity contribution is 0.0668. The Morgan fingerprint density at radius 1 is 1.09 bits per heavy atom. The lowest BCUT2D eigenvalue weighted by Crippen LogP contribution is -2.46. The zero-order chi connectivity index (χ0) is 24.3. The van der Waals surface area contributed by atoms with E-state index in [1.807, 2.05) is 17.0 Å². The topological polar surface area (TPSA) is 72.1 Å². The summed E-state index contributed by atoms with van der Waals surface area (Å²) in [7, 11) is 3.27. The van der Waals surface area contributed by atoms with Crippen LogP contribution in [0.4, 0.5) is 0 Å². The van der Waals surface area contributed by atoms with E-state index in [2.05, 4.69) is 48.7 Å². The Bertz CT molecular complexity index is 891. The number of hydrogen-bond donors (Lipinski definition) is 2. The molecular formula is C27H39N3O4. The van der Waals surface area contributed by atoms with Gasteiger partial charge < -0.3 is 29.7 Å². The first-order valence-electron chi connectivity index (χ1n) is 12.1. The summed E-state index contributed by atoms with van der Waals surface area (Å²) >= 11 is 0. The number of methoxy groups -OCH3 is 2. The maximum Gasteiger partial charge on any atom is 0.254 e. The number of nitrogens with one attached hydrogen (secondary N) is 2. The third kappa shape index (κ3) is 7.19. The number of ether oxygens (including phenoxy) is 3. The van der Waals surface area contributed by atoms with Crippen LogP contribution in [-0.4, -0.2) is 70.0 Å². The van der Waals surface area contributed by atoms with Crippen molar-refractivity contribution in [2.24, 2.45) is 5.92 Å². The fourth-order valence-electron chi connectivity index (χ4n) is 4.26. The Labute approximate surface area is 203 Å². The van der Waals surface area contributed by atoms with Gasteiger partial charge in [-0.25, -0.2) is 0 Å². The van der Waals surface area contributed by atoms with Crippen LogP contribution in [0.2, 0.25) is 0 Å². The second kappa shape index (κ2) is 13.3. The number of hydrogen-bond acceptors (Lipinski definition) is 6. The molecule has 2 aromatic carbocycles. The predicted molar refractivity (Wildman–Crippen MR) is 135 cm³/mol. The number of benzene rings is 2. The van der Waals surface area contributed by atoms with Gasteiger partial charge in [-0.1, -0.05) is 30.3 Å². The van der Waals surface area contributed by atoms with E-state index >= 15 is 0 Å². The quantitative estimate of drug-likeness (QED) is 0.439. The Balaban J connectivity index is 1.67. The van der Waals surface area contributed by atoms with Gasteiger partial charge in [-0.3, -0.25) is 4.79 Å². The number of carbonyl (C=O) groups excluding carboxylic acids is 1. The molecule has 7 heteroatoms. The van der Waals surface area contributed by atoms with Crippen LogP contribution in [0.15, 0.2) is 48.5 Å². The van der Waals surface area contributed by atoms with Gasteiger partial charge >= 0.3 is 0 Å². The average Bonchev–Trinajstić information content (AvgIpc) is 3.31. The summed E-state index contributed by atoms with van der Waals surface area (Å²) in [5.74, 6) is 1.54. The van der Waals surface area contributed by atoms with Gasteiger partial charge in [-0.2, -0.15) is 0 Å². The molecule has 0 bridgehead atoms. The summed E-state index contributed by atoms with van der Waals surface area (Å²) in [5.41, 5.74) is 1.87. The number of nitrogens with zero attached hydrogens (tertiary/aromatic N) is 1. The van der Waals surface area contributed by atoms with Crippen molar-refractivity contribution in [1.82, 2.24) is 15.5 Å². The molecule has 1 fully saturated rings. The van der Waals surface area contributed by atoms with Crippen molar-refractivity contribution in [3.63, 3.8) is 0 Å². The molecule has 186 valence electrons. The first kappa shape index (κ1) is 26.0. The lowest BCUT2D eigenvalue weighted by atomic mass is 10.0. The molecule has 1 aliphatic heterocycles. The van der Waals surface area contributed by atoms with Crippen LogP contribution < -0.4 is 20.1 Å². The van der Waals surface area contributed by atoms with Crippen molar-refractivity contribution in [2.75, 3.05) is 47.1 Å². The van der Waals surface area contributed by atoms with Gasteiger partial charge in [0.1, 0.15) is 0 Å². The van der Waals surface area contributed by atoms with Gasteiger partial charge in [0.05, 0.1) is 13.7 Å². The normalized spacial score (nSPS) is 17.7. The molecule has 34 heavy (non-hydrogen) atoms. The second-order valence-electron chi connectivity index (χ2n) is 9.00. The maximum absolute atomic E-state index is 13.6. The van der Waals surface area contributed by atoms with Crippen molar-refractivity contribution < 1.29 is 19.0 Å². The summed E-state index contributed by atoms with van der Waals surface area (Å²) in [6, 6.07) is 16.2. The third-order valence-corrected chi connectivity index (χ3v) is 6.23. The molecule has 1 unspecified atom stereocenters. The van der Waals surface area contributed by atoms with Gasteiger partial charge in [0.25, 0.3) is 5.91 Å². The zero-order valence-electron chi connectivity index (χ0n) is 20.9. The molecule has 3 rings (SSSR count). The number of carbonyl (C=O) groups is 1. The van der Waals surface area contributed by atoms with E-state index in [-0.39, 0.29) is 11.9 Å². The van der Waals surface area contributed by atoms with Gasteiger partial charge in [0.15, 0.2) is 11.5 Å². The first-order valence-corrected chi connectivity index (χ1v) is 12.1. The van der Waals surface area contributed by atoms with Crippen molar-refractivity contribution in [3.05, 3.63) is 59.7 Å². The van der Waals surface area contributed by atoms with Gasteiger partial charge in [-0.05, 0) is 37.6 Å². The molecule has 0 spiro atoms. The minimum atomic E-state index is 0.00750. The molecule has 1 aliphatic rings. The van der Waals surface area contributed by atoms with Crippen molar-refractivity contribution in [2.45, 2.75) is 38.9 Å². The highest BCUT2D eigenvalue weighted by Crippen LogP contribution is 2.29. The van der Waals surface area contributed by atoms with Crippen LogP contribution in [0.25, 0.3) is 0 Å². The Kier molecular flexibility index (Phi) is 10.2. The van der Waals surface area contributed by atoms with E-state index in [0.717, 1.165) is 26.1 Å². The molecule has 2 N–H and O–H groups in total. The van der Waals surface area contributed by atoms with Crippen LogP contribution in [0.1, 0.15) is 36.2 Å². The highest BCUT2D eigenvalue weighted by atomic mass is 16.5. The first-order chi connectivity index (χ1) is 16.5. The molecule has 2 aromatic rings. The standard InChI is InChI=1S/C27H39N3O4/c1-20(2)30(19-23-17-28-18-24(23)29-16-21-9-6-5-7-10-21)27(31)22-11-12-25(33-4)26(15-22)34-14-8-13-32-3/h5-7,9-12,15,20,23-24,28-29H,8,13-14,16-19H2,1-4H3/t23-,24?/m0/s1. The largest absolute Gasteiger partial charge is 0.493 e. The third-order valence-electron chi connectivity index (χ3n) is 6.23. The van der Waals surface area contributed by atoms with Crippen LogP contribution in [0.3, 0.4) is 0 Å². The monoisotopic (exact) mass is 469 g/mol. The van der Waals surface area contributed by atoms with Gasteiger partial charge in [0.2, 0.25) is 0 Å². The fraction of sp³-hybridized carbons (Fsp3) is 0.519. The molecule has 1 saturated heterocycles. The smallest absolute Gasteiger partial charge is 0.254 e. The zero-order valence-corrected chi connectivity index (χ0v) is 20.9. The SMILES string of the molecule is COCCCOc1cc(C(=O)N(C[C@@H]2CNCC2NCc2ccccc2)C(C)C)ccc1OC. The maximum atomic E-state index is 13.6. The number of amides is 1. The Morgan fingerprint density at radius 2 is 1.88 bits per heavy atom. The van der Waals surface area contributed by atoms with Crippen LogP contribution in [0, 0.1) is 5.92 Å². The van der Waals surface area contributed by atoms with E-state index in [1.54, 1.807) is 26.4 Å². The molecule has 0 aromatic heterocycles. The van der Waals surface area contributed by atoms with Gasteiger partial charge in [0, 0.05) is 69.9 Å². The summed E-state index contributed by atoms with van der Waals surface area (Å²) < 4.78 is 16.4. The van der Waals surface area contributed by atoms with Crippen molar-refractivity contribution in [1.29, 1.82) is 0 Å². The molecule has 1 amide bonds. The molecule has 1 heterocycles. The molecule has 0 saturated carbocycles. The predicted octanol–water partition coefficient (Wildman–Crippen LogP) is 3.34. The minimum Gasteiger partial charge on any atom is -0.493 e. The number of rotatable bonds is 13. The summed E-state index contributed by atoms with van der Waals surface area (Å²) in [5, 5.41) is 7.17. The fourth-order valence-corrected chi connectivity index (χ4v) is 4.26. The van der Waals surface area contributed by atoms with E-state index in [4.69, 9.17) is 14.2 Å². The average molecular weight is 470 g/mol. The molecule has 0 aliphatic carbocycles. The highest BCUT2D eigenvalue weighted by molar-refractivity contribution is 5.95. The summed E-state index contributed by atoms with van der Waals surface area (Å²) in [6.07, 6.45) is 0.766. The summed E-state index contributed by atoms with van der Waals surface area (Å²) in [4.78, 5) is 15.5. The van der Waals surface area contributed by atoms with Crippen molar-refractivity contribution in [3.8, 4) is 11.5 Å². The molecule has 7 nitrogen and oxygen atoms in total. The van der Waals surface area contributed by atoms with E-state index in [0.29, 0.717) is 48.8 Å². The molecular weight excluding hydrogens is 430 g/mol. The Hall–Kier alpha value is -2.61. The molecule has 2 atom stereocenters. The lowest BCUT2D eigenvalue weighted by Gasteiger charge is -2.32. The van der Waals surface area contributed by atoms with Gasteiger partial charge in [-0.15, -0.1) is 0 Å². The Morgan fingerprint density at radius 3 is 2.59 bits per heavy atom. The second-order valence-corrected chi connectivity index (χ2v) is 9.00. The highest BCUT2D eigenvalue weighted by Gasteiger charge is 2.31. The van der Waals surface area contributed by atoms with Crippen LogP contribution in [-0.2, 0) is 11.3 Å². The van der Waals surface area contributed by atoms with Crippen molar-refractivity contribution >= 4 is 5.91 Å². The van der Waals surface area contributed by atoms with E-state index in [1.165, 1.54) is 5.56 Å². The summed E-state index contributed by atoms with van der Waals surface area (Å²) in [6.45, 7) is 8.55. The molecule has 0 radical (unpaired) electrons. The van der Waals surface area contributed by atoms with E-state index < -0.39 is 0 Å². The minimum absolute atomic E-state index is 0.00750. The van der Waals surface area contributed by atoms with Crippen LogP contribution >= 0.6 is 0 Å². The van der Waals surface area contributed by atoms with Crippen LogP contribution in [0.5, 0.6) is 11.5 Å².